The number of nitrogens with zero attached hydrogens (tertiary/aromatic N) is 2. The molecule has 0 N–H and O–H groups in total. The van der Waals surface area contributed by atoms with Gasteiger partial charge in [-0.25, -0.2) is 17.8 Å². The number of halogens is 1. The van der Waals surface area contributed by atoms with Gasteiger partial charge in [-0.2, -0.15) is 0 Å². The second kappa shape index (κ2) is 8.84. The molecule has 152 valence electrons. The molecule has 8 heteroatoms. The van der Waals surface area contributed by atoms with Crippen LogP contribution in [-0.4, -0.2) is 31.6 Å². The number of hydrogen-bond acceptors (Lipinski definition) is 5. The molecule has 0 saturated carbocycles. The summed E-state index contributed by atoms with van der Waals surface area (Å²) in [4.78, 5) is 18.5. The van der Waals surface area contributed by atoms with Gasteiger partial charge in [-0.3, -0.25) is 4.79 Å². The van der Waals surface area contributed by atoms with E-state index in [9.17, 15) is 17.6 Å². The number of thiazole rings is 1. The number of sulfone groups is 1. The Morgan fingerprint density at radius 1 is 1.14 bits per heavy atom. The predicted octanol–water partition coefficient (Wildman–Crippen LogP) is 4.23. The first-order valence-electron chi connectivity index (χ1n) is 9.06. The second-order valence-corrected chi connectivity index (χ2v) is 9.53. The van der Waals surface area contributed by atoms with Crippen molar-refractivity contribution in [1.29, 1.82) is 0 Å². The molecule has 1 heterocycles. The zero-order chi connectivity index (χ0) is 21.0. The highest BCUT2D eigenvalue weighted by atomic mass is 32.2. The van der Waals surface area contributed by atoms with Crippen LogP contribution in [0.1, 0.15) is 18.2 Å². The van der Waals surface area contributed by atoms with Gasteiger partial charge in [-0.1, -0.05) is 18.2 Å². The summed E-state index contributed by atoms with van der Waals surface area (Å²) in [6.07, 6.45) is 0. The minimum absolute atomic E-state index is 0.318. The van der Waals surface area contributed by atoms with Crippen LogP contribution in [-0.2, 0) is 20.4 Å². The number of rotatable bonds is 7. The zero-order valence-corrected chi connectivity index (χ0v) is 17.8. The molecular weight excluding hydrogens is 411 g/mol. The number of aryl methyl sites for hydroxylation is 1. The first-order chi connectivity index (χ1) is 13.8. The van der Waals surface area contributed by atoms with Crippen LogP contribution in [0.3, 0.4) is 0 Å². The molecule has 0 saturated heterocycles. The molecule has 0 unspecified atom stereocenters. The summed E-state index contributed by atoms with van der Waals surface area (Å²) in [5.41, 5.74) is 2.71. The quantitative estimate of drug-likeness (QED) is 0.560. The normalized spacial score (nSPS) is 11.4. The molecule has 1 aromatic heterocycles. The van der Waals surface area contributed by atoms with E-state index in [1.807, 2.05) is 32.0 Å². The number of amides is 1. The van der Waals surface area contributed by atoms with Gasteiger partial charge in [0.2, 0.25) is 5.91 Å². The summed E-state index contributed by atoms with van der Waals surface area (Å²) in [7, 11) is -3.69. The number of aromatic nitrogens is 1. The highest BCUT2D eigenvalue weighted by Crippen LogP contribution is 2.25. The van der Waals surface area contributed by atoms with E-state index in [0.717, 1.165) is 5.56 Å². The standard InChI is InChI=1S/C21H21FN2O3S2/c1-3-24(19-7-5-4-6-15(19)2)20(25)14-29(26,27)13-18-12-28-21(23-18)16-8-10-17(22)11-9-16/h4-12H,3,13-14H2,1-2H3. The Hall–Kier alpha value is -2.58. The van der Waals surface area contributed by atoms with Crippen LogP contribution in [0.4, 0.5) is 10.1 Å². The molecular formula is C21H21FN2O3S2. The monoisotopic (exact) mass is 432 g/mol. The fraction of sp³-hybridized carbons (Fsp3) is 0.238. The summed E-state index contributed by atoms with van der Waals surface area (Å²) in [6, 6.07) is 13.2. The van der Waals surface area contributed by atoms with Crippen molar-refractivity contribution in [3.8, 4) is 10.6 Å². The molecule has 3 aromatic rings. The fourth-order valence-electron chi connectivity index (χ4n) is 2.99. The highest BCUT2D eigenvalue weighted by Gasteiger charge is 2.24. The number of para-hydroxylation sites is 1. The predicted molar refractivity (Wildman–Crippen MR) is 114 cm³/mol. The summed E-state index contributed by atoms with van der Waals surface area (Å²) in [5.74, 6) is -1.71. The Labute approximate surface area is 173 Å². The number of anilines is 1. The zero-order valence-electron chi connectivity index (χ0n) is 16.1. The van der Waals surface area contributed by atoms with Crippen molar-refractivity contribution in [2.24, 2.45) is 0 Å². The molecule has 0 aliphatic heterocycles. The number of carbonyl (C=O) groups is 1. The van der Waals surface area contributed by atoms with Crippen molar-refractivity contribution < 1.29 is 17.6 Å². The number of carbonyl (C=O) groups excluding carboxylic acids is 1. The van der Waals surface area contributed by atoms with Gasteiger partial charge in [0.25, 0.3) is 0 Å². The van der Waals surface area contributed by atoms with E-state index in [4.69, 9.17) is 0 Å². The molecule has 3 rings (SSSR count). The minimum atomic E-state index is -3.69. The smallest absolute Gasteiger partial charge is 0.242 e. The van der Waals surface area contributed by atoms with E-state index in [-0.39, 0.29) is 11.6 Å². The maximum Gasteiger partial charge on any atom is 0.242 e. The molecule has 0 spiro atoms. The lowest BCUT2D eigenvalue weighted by atomic mass is 10.2. The van der Waals surface area contributed by atoms with Crippen molar-refractivity contribution in [2.75, 3.05) is 17.2 Å². The molecule has 1 amide bonds. The van der Waals surface area contributed by atoms with E-state index in [1.54, 1.807) is 23.6 Å². The third kappa shape index (κ3) is 5.27. The van der Waals surface area contributed by atoms with E-state index in [2.05, 4.69) is 4.98 Å². The van der Waals surface area contributed by atoms with E-state index >= 15 is 0 Å². The Morgan fingerprint density at radius 2 is 1.83 bits per heavy atom. The maximum absolute atomic E-state index is 13.1. The van der Waals surface area contributed by atoms with Gasteiger partial charge in [-0.05, 0) is 49.7 Å². The first kappa shape index (κ1) is 21.1. The average Bonchev–Trinajstić information content (AvgIpc) is 3.11. The van der Waals surface area contributed by atoms with Gasteiger partial charge in [0, 0.05) is 23.2 Å². The molecule has 5 nitrogen and oxygen atoms in total. The lowest BCUT2D eigenvalue weighted by Gasteiger charge is -2.22. The van der Waals surface area contributed by atoms with Crippen LogP contribution >= 0.6 is 11.3 Å². The summed E-state index contributed by atoms with van der Waals surface area (Å²) < 4.78 is 38.3. The van der Waals surface area contributed by atoms with Crippen molar-refractivity contribution in [1.82, 2.24) is 4.98 Å². The van der Waals surface area contributed by atoms with Gasteiger partial charge in [0.05, 0.1) is 11.4 Å². The third-order valence-corrected chi connectivity index (χ3v) is 6.74. The molecule has 0 atom stereocenters. The van der Waals surface area contributed by atoms with Gasteiger partial charge in [-0.15, -0.1) is 11.3 Å². The second-order valence-electron chi connectivity index (χ2n) is 6.61. The van der Waals surface area contributed by atoms with Crippen molar-refractivity contribution in [3.63, 3.8) is 0 Å². The van der Waals surface area contributed by atoms with Crippen molar-refractivity contribution in [2.45, 2.75) is 19.6 Å². The third-order valence-electron chi connectivity index (χ3n) is 4.38. The molecule has 29 heavy (non-hydrogen) atoms. The molecule has 0 fully saturated rings. The van der Waals surface area contributed by atoms with Crippen molar-refractivity contribution >= 4 is 32.8 Å². The van der Waals surface area contributed by atoms with Gasteiger partial charge in [0.15, 0.2) is 9.84 Å². The van der Waals surface area contributed by atoms with Gasteiger partial charge in [0.1, 0.15) is 16.6 Å². The minimum Gasteiger partial charge on any atom is -0.312 e. The molecule has 0 radical (unpaired) electrons. The topological polar surface area (TPSA) is 67.3 Å². The summed E-state index contributed by atoms with van der Waals surface area (Å²) in [5, 5.41) is 2.26. The number of benzene rings is 2. The largest absolute Gasteiger partial charge is 0.312 e. The summed E-state index contributed by atoms with van der Waals surface area (Å²) >= 11 is 1.28. The fourth-order valence-corrected chi connectivity index (χ4v) is 5.15. The van der Waals surface area contributed by atoms with E-state index in [1.165, 1.54) is 28.4 Å². The van der Waals surface area contributed by atoms with Crippen molar-refractivity contribution in [3.05, 3.63) is 71.0 Å². The van der Waals surface area contributed by atoms with Gasteiger partial charge >= 0.3 is 0 Å². The SMILES string of the molecule is CCN(C(=O)CS(=O)(=O)Cc1csc(-c2ccc(F)cc2)n1)c1ccccc1C. The molecule has 0 bridgehead atoms. The van der Waals surface area contributed by atoms with Crippen LogP contribution < -0.4 is 4.90 Å². The number of hydrogen-bond donors (Lipinski definition) is 0. The Morgan fingerprint density at radius 3 is 2.48 bits per heavy atom. The van der Waals surface area contributed by atoms with E-state index < -0.39 is 21.5 Å². The molecule has 2 aromatic carbocycles. The Bertz CT molecular complexity index is 1110. The first-order valence-corrected chi connectivity index (χ1v) is 11.8. The summed E-state index contributed by atoms with van der Waals surface area (Å²) in [6.45, 7) is 4.07. The van der Waals surface area contributed by atoms with Crippen LogP contribution in [0.5, 0.6) is 0 Å². The maximum atomic E-state index is 13.1. The Balaban J connectivity index is 1.72. The highest BCUT2D eigenvalue weighted by molar-refractivity contribution is 7.91. The molecule has 0 aliphatic carbocycles. The Kier molecular flexibility index (Phi) is 6.44. The lowest BCUT2D eigenvalue weighted by molar-refractivity contribution is -0.116. The van der Waals surface area contributed by atoms with Crippen LogP contribution in [0.25, 0.3) is 10.6 Å². The van der Waals surface area contributed by atoms with Gasteiger partial charge < -0.3 is 4.90 Å². The van der Waals surface area contributed by atoms with Crippen LogP contribution in [0.15, 0.2) is 53.9 Å². The lowest BCUT2D eigenvalue weighted by Crippen LogP contribution is -2.36. The van der Waals surface area contributed by atoms with Crippen LogP contribution in [0.2, 0.25) is 0 Å². The van der Waals surface area contributed by atoms with Crippen LogP contribution in [0, 0.1) is 12.7 Å². The molecule has 0 aliphatic rings. The average molecular weight is 433 g/mol. The van der Waals surface area contributed by atoms with E-state index in [0.29, 0.717) is 28.5 Å².